The number of fused-ring (bicyclic) bond motifs is 2. The number of rotatable bonds is 10. The summed E-state index contributed by atoms with van der Waals surface area (Å²) in [5.41, 5.74) is 6.47. The highest BCUT2D eigenvalue weighted by Gasteiger charge is 2.47. The molecular weight excluding hydrogens is 873 g/mol. The third kappa shape index (κ3) is 8.74. The largest absolute Gasteiger partial charge is 0.362 e. The fraction of sp³-hybridized carbons (Fsp3) is 0.345. The quantitative estimate of drug-likeness (QED) is 0.144. The summed E-state index contributed by atoms with van der Waals surface area (Å²) in [6.07, 6.45) is 4.68. The van der Waals surface area contributed by atoms with E-state index in [9.17, 15) is 16.8 Å². The molecule has 2 unspecified atom stereocenters. The Morgan fingerprint density at radius 3 is 1.52 bits per heavy atom. The number of nitrogens with one attached hydrogen (secondary N) is 1. The van der Waals surface area contributed by atoms with Crippen molar-refractivity contribution in [3.8, 4) is 0 Å². The van der Waals surface area contributed by atoms with Crippen molar-refractivity contribution < 1.29 is 16.8 Å². The van der Waals surface area contributed by atoms with E-state index in [-0.39, 0.29) is 33.0 Å². The van der Waals surface area contributed by atoms with Crippen molar-refractivity contribution in [2.75, 3.05) is 10.2 Å². The number of nitrogens with zero attached hydrogens (tertiary/aromatic N) is 5. The van der Waals surface area contributed by atoms with Crippen LogP contribution in [0.2, 0.25) is 0 Å². The van der Waals surface area contributed by atoms with Crippen LogP contribution in [-0.2, 0) is 46.8 Å². The van der Waals surface area contributed by atoms with Crippen LogP contribution in [0.4, 0.5) is 11.6 Å². The molecule has 0 spiro atoms. The Morgan fingerprint density at radius 2 is 1.00 bits per heavy atom. The number of hydrogen-bond acceptors (Lipinski definition) is 8. The maximum absolute atomic E-state index is 14.4. The molecule has 0 amide bonds. The second-order valence-electron chi connectivity index (χ2n) is 20.5. The molecule has 5 aromatic carbocycles. The summed E-state index contributed by atoms with van der Waals surface area (Å²) >= 11 is 0. The van der Waals surface area contributed by atoms with Gasteiger partial charge in [0.25, 0.3) is 0 Å². The minimum atomic E-state index is -3.81. The van der Waals surface area contributed by atoms with Gasteiger partial charge in [-0.15, -0.1) is 0 Å². The highest BCUT2D eigenvalue weighted by molar-refractivity contribution is 7.92. The van der Waals surface area contributed by atoms with E-state index in [1.807, 2.05) is 126 Å². The number of sulfone groups is 2. The average molecular weight is 937 g/mol. The minimum absolute atomic E-state index is 0.00274. The van der Waals surface area contributed by atoms with Crippen LogP contribution in [-0.4, -0.2) is 36.4 Å². The third-order valence-electron chi connectivity index (χ3n) is 13.9. The van der Waals surface area contributed by atoms with Gasteiger partial charge < -0.3 is 10.2 Å². The SMILES string of the molecule is Cc1ccc(C(C)(C)S(=O)(=O)c2cnn3c2N(Cc2ccccc2)C(c2ccccc2)CC3(C)C)cc1.Cc1ccc(C(C)(C)S(=O)(=O)c2cnn3c2NC(c2ccccc2)CC3(C)C)cc1. The Labute approximate surface area is 397 Å². The maximum atomic E-state index is 14.4. The van der Waals surface area contributed by atoms with E-state index in [1.54, 1.807) is 33.9 Å². The molecule has 67 heavy (non-hydrogen) atoms. The minimum Gasteiger partial charge on any atom is -0.362 e. The zero-order valence-corrected chi connectivity index (χ0v) is 42.0. The monoisotopic (exact) mass is 936 g/mol. The first-order valence-corrected chi connectivity index (χ1v) is 26.0. The Hall–Kier alpha value is -5.98. The van der Waals surface area contributed by atoms with Crippen LogP contribution in [0.25, 0.3) is 0 Å². The van der Waals surface area contributed by atoms with E-state index < -0.39 is 29.2 Å². The van der Waals surface area contributed by atoms with Crippen LogP contribution in [0.15, 0.2) is 162 Å². The second kappa shape index (κ2) is 17.6. The molecule has 1 N–H and O–H groups in total. The molecule has 0 radical (unpaired) electrons. The summed E-state index contributed by atoms with van der Waals surface area (Å²) in [5.74, 6) is 1.23. The lowest BCUT2D eigenvalue weighted by Crippen LogP contribution is -2.45. The number of benzene rings is 5. The number of aryl methyl sites for hydroxylation is 2. The molecular formula is C55H64N6O4S2. The van der Waals surface area contributed by atoms with Crippen LogP contribution in [0.1, 0.15) is 119 Å². The lowest BCUT2D eigenvalue weighted by molar-refractivity contribution is 0.238. The van der Waals surface area contributed by atoms with E-state index in [0.29, 0.717) is 18.2 Å². The van der Waals surface area contributed by atoms with Gasteiger partial charge in [0, 0.05) is 6.54 Å². The van der Waals surface area contributed by atoms with Gasteiger partial charge in [0.2, 0.25) is 0 Å². The first-order chi connectivity index (χ1) is 31.6. The van der Waals surface area contributed by atoms with Crippen LogP contribution < -0.4 is 10.2 Å². The van der Waals surface area contributed by atoms with Crippen LogP contribution in [0.3, 0.4) is 0 Å². The van der Waals surface area contributed by atoms with Gasteiger partial charge in [-0.1, -0.05) is 151 Å². The number of anilines is 2. The zero-order valence-electron chi connectivity index (χ0n) is 40.4. The van der Waals surface area contributed by atoms with Crippen molar-refractivity contribution in [1.82, 2.24) is 19.6 Å². The Morgan fingerprint density at radius 1 is 0.567 bits per heavy atom. The first-order valence-electron chi connectivity index (χ1n) is 23.0. The van der Waals surface area contributed by atoms with E-state index in [4.69, 9.17) is 5.10 Å². The predicted octanol–water partition coefficient (Wildman–Crippen LogP) is 12.0. The number of aromatic nitrogens is 4. The summed E-state index contributed by atoms with van der Waals surface area (Å²) in [6.45, 7) is 20.2. The molecule has 0 saturated carbocycles. The smallest absolute Gasteiger partial charge is 0.192 e. The summed E-state index contributed by atoms with van der Waals surface area (Å²) in [7, 11) is -7.51. The number of hydrogen-bond donors (Lipinski definition) is 1. The summed E-state index contributed by atoms with van der Waals surface area (Å²) in [6, 6.07) is 46.2. The molecule has 10 nitrogen and oxygen atoms in total. The highest BCUT2D eigenvalue weighted by atomic mass is 32.2. The van der Waals surface area contributed by atoms with Gasteiger partial charge in [0.15, 0.2) is 19.7 Å². The Kier molecular flexibility index (Phi) is 12.5. The van der Waals surface area contributed by atoms with Gasteiger partial charge in [-0.25, -0.2) is 26.2 Å². The van der Waals surface area contributed by atoms with Crippen LogP contribution >= 0.6 is 0 Å². The molecule has 0 bridgehead atoms. The fourth-order valence-corrected chi connectivity index (χ4v) is 12.8. The third-order valence-corrected chi connectivity index (χ3v) is 18.9. The molecule has 2 atom stereocenters. The summed E-state index contributed by atoms with van der Waals surface area (Å²) in [4.78, 5) is 2.77. The standard InChI is InChI=1S/C31H35N3O2S.C24H29N3O2S/c1-23-16-18-26(19-17-23)31(4,5)37(35,36)28-21-32-34-29(28)33(22-24-12-8-6-9-13-24)27(20-30(34,2)3)25-14-10-7-11-15-25;1-17-11-13-19(14-12-17)24(4,5)30(28,29)21-16-25-27-22(21)26-20(15-23(27,2)3)18-9-7-6-8-10-18/h6-19,21,27H,20,22H2,1-5H3;6-14,16,20,26H,15H2,1-5H3. The average Bonchev–Trinajstić information content (AvgIpc) is 3.97. The van der Waals surface area contributed by atoms with Crippen molar-refractivity contribution in [3.63, 3.8) is 0 Å². The predicted molar refractivity (Wildman–Crippen MR) is 270 cm³/mol. The molecule has 4 heterocycles. The molecule has 2 aromatic heterocycles. The van der Waals surface area contributed by atoms with Crippen molar-refractivity contribution in [3.05, 3.63) is 191 Å². The molecule has 2 aliphatic rings. The van der Waals surface area contributed by atoms with Crippen molar-refractivity contribution in [2.24, 2.45) is 0 Å². The van der Waals surface area contributed by atoms with Gasteiger partial charge in [0.1, 0.15) is 21.4 Å². The molecule has 2 aliphatic heterocycles. The molecule has 0 saturated heterocycles. The molecule has 0 fully saturated rings. The molecule has 9 rings (SSSR count). The van der Waals surface area contributed by atoms with E-state index in [1.165, 1.54) is 11.8 Å². The molecule has 7 aromatic rings. The molecule has 12 heteroatoms. The van der Waals surface area contributed by atoms with Gasteiger partial charge in [-0.2, -0.15) is 10.2 Å². The lowest BCUT2D eigenvalue weighted by atomic mass is 9.87. The van der Waals surface area contributed by atoms with E-state index in [2.05, 4.69) is 79.4 Å². The fourth-order valence-electron chi connectivity index (χ4n) is 9.56. The summed E-state index contributed by atoms with van der Waals surface area (Å²) < 4.78 is 58.1. The van der Waals surface area contributed by atoms with Crippen LogP contribution in [0.5, 0.6) is 0 Å². The van der Waals surface area contributed by atoms with Gasteiger partial charge in [-0.05, 0) is 110 Å². The van der Waals surface area contributed by atoms with E-state index >= 15 is 0 Å². The summed E-state index contributed by atoms with van der Waals surface area (Å²) in [5, 5.41) is 12.7. The lowest BCUT2D eigenvalue weighted by Gasteiger charge is -2.46. The van der Waals surface area contributed by atoms with Gasteiger partial charge in [-0.3, -0.25) is 0 Å². The zero-order chi connectivity index (χ0) is 48.2. The van der Waals surface area contributed by atoms with Gasteiger partial charge >= 0.3 is 0 Å². The Balaban J connectivity index is 0.000000186. The van der Waals surface area contributed by atoms with Crippen molar-refractivity contribution in [1.29, 1.82) is 0 Å². The van der Waals surface area contributed by atoms with Gasteiger partial charge in [0.05, 0.1) is 45.0 Å². The molecule has 0 aliphatic carbocycles. The first kappa shape index (κ1) is 47.5. The molecule has 350 valence electrons. The van der Waals surface area contributed by atoms with Crippen molar-refractivity contribution in [2.45, 2.75) is 131 Å². The normalized spacial score (nSPS) is 17.9. The highest BCUT2D eigenvalue weighted by Crippen LogP contribution is 2.49. The van der Waals surface area contributed by atoms with E-state index in [0.717, 1.165) is 46.2 Å². The maximum Gasteiger partial charge on any atom is 0.192 e. The topological polar surface area (TPSA) is 119 Å². The van der Waals surface area contributed by atoms with Crippen molar-refractivity contribution >= 4 is 31.3 Å². The second-order valence-corrected chi connectivity index (χ2v) is 25.4. The van der Waals surface area contributed by atoms with Crippen LogP contribution in [0, 0.1) is 13.8 Å². The Bertz CT molecular complexity index is 3070.